The van der Waals surface area contributed by atoms with Gasteiger partial charge in [0, 0.05) is 17.8 Å². The van der Waals surface area contributed by atoms with Crippen LogP contribution in [0.15, 0.2) is 90.0 Å². The number of para-hydroxylation sites is 1. The summed E-state index contributed by atoms with van der Waals surface area (Å²) in [6.07, 6.45) is 1.56. The Bertz CT molecular complexity index is 1100. The van der Waals surface area contributed by atoms with E-state index in [1.165, 1.54) is 22.8 Å². The Hall–Kier alpha value is -3.56. The van der Waals surface area contributed by atoms with E-state index in [1.807, 2.05) is 6.07 Å². The molecule has 0 atom stereocenters. The van der Waals surface area contributed by atoms with Crippen molar-refractivity contribution in [3.8, 4) is 0 Å². The zero-order chi connectivity index (χ0) is 20.7. The zero-order valence-corrected chi connectivity index (χ0v) is 16.1. The highest BCUT2D eigenvalue weighted by Gasteiger charge is 2.23. The predicted octanol–water partition coefficient (Wildman–Crippen LogP) is 1.24. The van der Waals surface area contributed by atoms with Crippen LogP contribution < -0.4 is 20.1 Å². The molecule has 0 unspecified atom stereocenters. The van der Waals surface area contributed by atoms with Gasteiger partial charge in [-0.25, -0.2) is 8.42 Å². The lowest BCUT2D eigenvalue weighted by atomic mass is 10.3. The molecule has 29 heavy (non-hydrogen) atoms. The fourth-order valence-corrected chi connectivity index (χ4v) is 3.39. The van der Waals surface area contributed by atoms with Crippen molar-refractivity contribution in [3.63, 3.8) is 0 Å². The summed E-state index contributed by atoms with van der Waals surface area (Å²) in [5, 5.41) is 2.73. The lowest BCUT2D eigenvalue weighted by Gasteiger charge is -2.08. The highest BCUT2D eigenvalue weighted by atomic mass is 32.2. The number of sulfonamides is 1. The molecular weight excluding hydrogens is 392 g/mol. The topological polar surface area (TPSA) is 108 Å². The summed E-state index contributed by atoms with van der Waals surface area (Å²) in [6, 6.07) is 21.3. The first kappa shape index (κ1) is 20.2. The van der Waals surface area contributed by atoms with Crippen molar-refractivity contribution in [1.82, 2.24) is 10.3 Å². The number of amides is 2. The van der Waals surface area contributed by atoms with Gasteiger partial charge in [-0.3, -0.25) is 15.0 Å². The molecule has 148 valence electrons. The molecule has 0 fully saturated rings. The van der Waals surface area contributed by atoms with Crippen molar-refractivity contribution in [3.05, 3.63) is 90.8 Å². The SMILES string of the molecule is O=C(C[n+]1ccccc1C(=O)NNS(=O)(=O)c1ccccc1)Nc1ccccc1. The van der Waals surface area contributed by atoms with E-state index in [4.69, 9.17) is 0 Å². The number of nitrogens with zero attached hydrogens (tertiary/aromatic N) is 1. The van der Waals surface area contributed by atoms with E-state index in [1.54, 1.807) is 60.8 Å². The highest BCUT2D eigenvalue weighted by Crippen LogP contribution is 2.06. The summed E-state index contributed by atoms with van der Waals surface area (Å²) < 4.78 is 25.9. The molecule has 1 aromatic heterocycles. The number of hydrazine groups is 1. The first-order chi connectivity index (χ1) is 14.0. The smallest absolute Gasteiger partial charge is 0.321 e. The number of rotatable bonds is 7. The summed E-state index contributed by atoms with van der Waals surface area (Å²) >= 11 is 0. The second-order valence-electron chi connectivity index (χ2n) is 6.00. The van der Waals surface area contributed by atoms with Crippen LogP contribution in [0.5, 0.6) is 0 Å². The molecule has 0 radical (unpaired) electrons. The van der Waals surface area contributed by atoms with Crippen molar-refractivity contribution in [1.29, 1.82) is 0 Å². The number of benzene rings is 2. The highest BCUT2D eigenvalue weighted by molar-refractivity contribution is 7.89. The third kappa shape index (κ3) is 5.47. The van der Waals surface area contributed by atoms with Gasteiger partial charge in [0.2, 0.25) is 6.54 Å². The van der Waals surface area contributed by atoms with Gasteiger partial charge in [-0.1, -0.05) is 36.4 Å². The number of hydrogen-bond donors (Lipinski definition) is 3. The van der Waals surface area contributed by atoms with E-state index in [0.29, 0.717) is 5.69 Å². The van der Waals surface area contributed by atoms with Crippen molar-refractivity contribution in [2.75, 3.05) is 5.32 Å². The molecule has 0 aliphatic heterocycles. The van der Waals surface area contributed by atoms with E-state index in [-0.39, 0.29) is 23.0 Å². The second kappa shape index (κ2) is 9.09. The molecular formula is C20H19N4O4S+. The van der Waals surface area contributed by atoms with Gasteiger partial charge >= 0.3 is 5.91 Å². The fraction of sp³-hybridized carbons (Fsp3) is 0.0500. The fourth-order valence-electron chi connectivity index (χ4n) is 2.53. The van der Waals surface area contributed by atoms with E-state index in [2.05, 4.69) is 15.6 Å². The summed E-state index contributed by atoms with van der Waals surface area (Å²) in [5.41, 5.74) is 2.92. The Kier molecular flexibility index (Phi) is 6.32. The molecule has 3 aromatic rings. The molecule has 0 saturated heterocycles. The number of nitrogens with one attached hydrogen (secondary N) is 3. The van der Waals surface area contributed by atoms with E-state index in [9.17, 15) is 18.0 Å². The summed E-state index contributed by atoms with van der Waals surface area (Å²) in [4.78, 5) is 26.8. The van der Waals surface area contributed by atoms with Crippen LogP contribution in [0, 0.1) is 0 Å². The molecule has 9 heteroatoms. The summed E-state index contributed by atoms with van der Waals surface area (Å²) in [7, 11) is -3.91. The second-order valence-corrected chi connectivity index (χ2v) is 7.68. The van der Waals surface area contributed by atoms with Gasteiger partial charge in [0.05, 0.1) is 4.90 Å². The maximum absolute atomic E-state index is 12.5. The molecule has 3 N–H and O–H groups in total. The third-order valence-electron chi connectivity index (χ3n) is 3.90. The average Bonchev–Trinajstić information content (AvgIpc) is 2.74. The molecule has 2 amide bonds. The largest absolute Gasteiger partial charge is 0.330 e. The normalized spacial score (nSPS) is 10.9. The maximum Gasteiger partial charge on any atom is 0.330 e. The number of anilines is 1. The van der Waals surface area contributed by atoms with Crippen molar-refractivity contribution >= 4 is 27.5 Å². The van der Waals surface area contributed by atoms with Gasteiger partial charge in [-0.2, -0.15) is 4.57 Å². The minimum Gasteiger partial charge on any atom is -0.321 e. The van der Waals surface area contributed by atoms with E-state index < -0.39 is 15.9 Å². The van der Waals surface area contributed by atoms with Gasteiger partial charge in [0.15, 0.2) is 6.20 Å². The van der Waals surface area contributed by atoms with Crippen LogP contribution in [0.1, 0.15) is 10.5 Å². The van der Waals surface area contributed by atoms with Gasteiger partial charge in [0.25, 0.3) is 21.6 Å². The molecule has 0 bridgehead atoms. The van der Waals surface area contributed by atoms with Crippen molar-refractivity contribution in [2.24, 2.45) is 0 Å². The molecule has 2 aromatic carbocycles. The van der Waals surface area contributed by atoms with Gasteiger partial charge in [0.1, 0.15) is 0 Å². The Morgan fingerprint density at radius 2 is 1.45 bits per heavy atom. The van der Waals surface area contributed by atoms with Crippen LogP contribution >= 0.6 is 0 Å². The van der Waals surface area contributed by atoms with Crippen LogP contribution in [0.2, 0.25) is 0 Å². The Morgan fingerprint density at radius 3 is 2.14 bits per heavy atom. The van der Waals surface area contributed by atoms with Crippen LogP contribution in [0.3, 0.4) is 0 Å². The lowest BCUT2D eigenvalue weighted by Crippen LogP contribution is -2.50. The molecule has 0 aliphatic carbocycles. The van der Waals surface area contributed by atoms with Crippen LogP contribution in [0.25, 0.3) is 0 Å². The monoisotopic (exact) mass is 411 g/mol. The van der Waals surface area contributed by atoms with Crippen LogP contribution in [-0.2, 0) is 21.4 Å². The third-order valence-corrected chi connectivity index (χ3v) is 5.16. The Morgan fingerprint density at radius 1 is 0.828 bits per heavy atom. The van der Waals surface area contributed by atoms with E-state index >= 15 is 0 Å². The maximum atomic E-state index is 12.5. The summed E-state index contributed by atoms with van der Waals surface area (Å²) in [6.45, 7) is -0.121. The Labute approximate surface area is 168 Å². The summed E-state index contributed by atoms with van der Waals surface area (Å²) in [5.74, 6) is -1.02. The van der Waals surface area contributed by atoms with Crippen molar-refractivity contribution < 1.29 is 22.6 Å². The Balaban J connectivity index is 1.68. The number of carbonyl (C=O) groups excluding carboxylic acids is 2. The van der Waals surface area contributed by atoms with Gasteiger partial charge in [-0.15, -0.1) is 4.83 Å². The molecule has 0 aliphatic rings. The molecule has 0 saturated carbocycles. The number of carbonyl (C=O) groups is 2. The number of aromatic nitrogens is 1. The average molecular weight is 411 g/mol. The minimum atomic E-state index is -3.91. The molecule has 1 heterocycles. The standard InChI is InChI=1S/C20H18N4O4S/c25-19(21-16-9-3-1-4-10-16)15-24-14-8-7-13-18(24)20(26)22-23-29(27,28)17-11-5-2-6-12-17/h1-14H,15H2,(H2,21,25,26)/p+1. The predicted molar refractivity (Wildman–Crippen MR) is 106 cm³/mol. The van der Waals surface area contributed by atoms with Gasteiger partial charge < -0.3 is 5.32 Å². The molecule has 8 nitrogen and oxygen atoms in total. The number of hydrogen-bond acceptors (Lipinski definition) is 4. The van der Waals surface area contributed by atoms with Crippen LogP contribution in [-0.4, -0.2) is 20.2 Å². The van der Waals surface area contributed by atoms with Crippen LogP contribution in [0.4, 0.5) is 5.69 Å². The molecule has 0 spiro atoms. The quantitative estimate of drug-likeness (QED) is 0.401. The minimum absolute atomic E-state index is 0.0171. The van der Waals surface area contributed by atoms with E-state index in [0.717, 1.165) is 0 Å². The van der Waals surface area contributed by atoms with Crippen molar-refractivity contribution in [2.45, 2.75) is 11.4 Å². The number of pyridine rings is 1. The molecule has 3 rings (SSSR count). The van der Waals surface area contributed by atoms with Gasteiger partial charge in [-0.05, 0) is 30.3 Å². The first-order valence-electron chi connectivity index (χ1n) is 8.66. The zero-order valence-electron chi connectivity index (χ0n) is 15.3. The first-order valence-corrected chi connectivity index (χ1v) is 10.1. The lowest BCUT2D eigenvalue weighted by molar-refractivity contribution is -0.686.